The number of fused-ring (bicyclic) bond motifs is 1. The second-order valence-electron chi connectivity index (χ2n) is 8.30. The topological polar surface area (TPSA) is 116 Å². The molecule has 1 heterocycles. The van der Waals surface area contributed by atoms with Crippen LogP contribution in [0, 0.1) is 5.41 Å². The van der Waals surface area contributed by atoms with E-state index in [-0.39, 0.29) is 17.2 Å². The van der Waals surface area contributed by atoms with Gasteiger partial charge in [-0.2, -0.15) is 5.10 Å². The molecule has 1 unspecified atom stereocenters. The van der Waals surface area contributed by atoms with Crippen molar-refractivity contribution >= 4 is 17.6 Å². The van der Waals surface area contributed by atoms with E-state index in [1.54, 1.807) is 4.68 Å². The molecule has 0 radical (unpaired) electrons. The Labute approximate surface area is 170 Å². The van der Waals surface area contributed by atoms with E-state index < -0.39 is 5.91 Å². The minimum atomic E-state index is -0.535. The molecule has 4 rings (SSSR count). The van der Waals surface area contributed by atoms with E-state index in [1.807, 2.05) is 6.07 Å². The number of anilines is 1. The van der Waals surface area contributed by atoms with Crippen LogP contribution < -0.4 is 16.8 Å². The van der Waals surface area contributed by atoms with Crippen LogP contribution >= 0.6 is 0 Å². The van der Waals surface area contributed by atoms with Gasteiger partial charge < -0.3 is 16.8 Å². The lowest BCUT2D eigenvalue weighted by Crippen LogP contribution is -2.31. The number of nitrogens with one attached hydrogen (secondary N) is 1. The zero-order valence-electron chi connectivity index (χ0n) is 16.5. The third-order valence-corrected chi connectivity index (χ3v) is 6.26. The molecule has 0 bridgehead atoms. The zero-order chi connectivity index (χ0) is 20.6. The van der Waals surface area contributed by atoms with Gasteiger partial charge in [-0.25, -0.2) is 4.68 Å². The molecule has 1 aromatic carbocycles. The SMILES string of the molecule is C=CC(=O)NCC1(Cn2nc(C3CCc4ccccc4C3)c(C(N)=O)c2N)CC1. The van der Waals surface area contributed by atoms with Crippen molar-refractivity contribution in [3.05, 3.63) is 59.3 Å². The number of hydrogen-bond donors (Lipinski definition) is 3. The summed E-state index contributed by atoms with van der Waals surface area (Å²) in [6.07, 6.45) is 5.90. The molecule has 152 valence electrons. The highest BCUT2D eigenvalue weighted by Crippen LogP contribution is 2.47. The molecule has 2 aliphatic carbocycles. The molecule has 0 aliphatic heterocycles. The first-order valence-electron chi connectivity index (χ1n) is 10.1. The van der Waals surface area contributed by atoms with E-state index >= 15 is 0 Å². The van der Waals surface area contributed by atoms with Crippen LogP contribution in [0.15, 0.2) is 36.9 Å². The van der Waals surface area contributed by atoms with Crippen LogP contribution in [0.3, 0.4) is 0 Å². The minimum absolute atomic E-state index is 0.0792. The van der Waals surface area contributed by atoms with Crippen molar-refractivity contribution in [2.24, 2.45) is 11.1 Å². The quantitative estimate of drug-likeness (QED) is 0.623. The average Bonchev–Trinajstić information content (AvgIpc) is 3.41. The number of hydrogen-bond acceptors (Lipinski definition) is 4. The summed E-state index contributed by atoms with van der Waals surface area (Å²) in [5, 5.41) is 7.62. The number of amides is 2. The smallest absolute Gasteiger partial charge is 0.254 e. The monoisotopic (exact) mass is 393 g/mol. The Hall–Kier alpha value is -3.09. The molecule has 2 amide bonds. The fraction of sp³-hybridized carbons (Fsp3) is 0.409. The van der Waals surface area contributed by atoms with Crippen LogP contribution in [0.1, 0.15) is 52.4 Å². The molecule has 1 atom stereocenters. The van der Waals surface area contributed by atoms with Gasteiger partial charge >= 0.3 is 0 Å². The van der Waals surface area contributed by atoms with Gasteiger partial charge in [0, 0.05) is 17.9 Å². The van der Waals surface area contributed by atoms with Crippen LogP contribution in [-0.4, -0.2) is 28.1 Å². The number of carbonyl (C=O) groups is 2. The summed E-state index contributed by atoms with van der Waals surface area (Å²) in [5.41, 5.74) is 15.6. The third kappa shape index (κ3) is 3.77. The highest BCUT2D eigenvalue weighted by Gasteiger charge is 2.44. The van der Waals surface area contributed by atoms with Crippen LogP contribution in [-0.2, 0) is 24.2 Å². The maximum absolute atomic E-state index is 12.2. The van der Waals surface area contributed by atoms with Crippen molar-refractivity contribution < 1.29 is 9.59 Å². The first kappa shape index (κ1) is 19.2. The van der Waals surface area contributed by atoms with Crippen molar-refractivity contribution in [3.63, 3.8) is 0 Å². The van der Waals surface area contributed by atoms with Crippen LogP contribution in [0.25, 0.3) is 0 Å². The lowest BCUT2D eigenvalue weighted by molar-refractivity contribution is -0.116. The highest BCUT2D eigenvalue weighted by molar-refractivity contribution is 5.98. The molecule has 1 fully saturated rings. The van der Waals surface area contributed by atoms with E-state index in [0.29, 0.717) is 30.2 Å². The van der Waals surface area contributed by atoms with Gasteiger partial charge in [0.25, 0.3) is 5.91 Å². The van der Waals surface area contributed by atoms with E-state index in [0.717, 1.165) is 32.1 Å². The van der Waals surface area contributed by atoms with Crippen molar-refractivity contribution in [2.45, 2.75) is 44.6 Å². The first-order valence-corrected chi connectivity index (χ1v) is 10.1. The van der Waals surface area contributed by atoms with Crippen LogP contribution in [0.5, 0.6) is 0 Å². The number of carbonyl (C=O) groups excluding carboxylic acids is 2. The largest absolute Gasteiger partial charge is 0.383 e. The van der Waals surface area contributed by atoms with Crippen molar-refractivity contribution in [1.29, 1.82) is 0 Å². The van der Waals surface area contributed by atoms with E-state index in [1.165, 1.54) is 17.2 Å². The highest BCUT2D eigenvalue weighted by atomic mass is 16.1. The molecule has 0 saturated heterocycles. The lowest BCUT2D eigenvalue weighted by atomic mass is 9.81. The van der Waals surface area contributed by atoms with Gasteiger partial charge in [0.2, 0.25) is 5.91 Å². The summed E-state index contributed by atoms with van der Waals surface area (Å²) in [6.45, 7) is 4.57. The fourth-order valence-corrected chi connectivity index (χ4v) is 4.32. The normalized spacial score (nSPS) is 19.2. The summed E-state index contributed by atoms with van der Waals surface area (Å²) >= 11 is 0. The summed E-state index contributed by atoms with van der Waals surface area (Å²) in [7, 11) is 0. The molecule has 7 nitrogen and oxygen atoms in total. The van der Waals surface area contributed by atoms with E-state index in [4.69, 9.17) is 16.6 Å². The number of rotatable bonds is 7. The molecule has 5 N–H and O–H groups in total. The molecule has 2 aliphatic rings. The standard InChI is InChI=1S/C22H27N5O2/c1-2-17(28)25-12-22(9-10-22)13-27-20(23)18(21(24)29)19(26-27)16-8-7-14-5-3-4-6-15(14)11-16/h2-6,16H,1,7-13,23H2,(H2,24,29)(H,25,28). The molecular weight excluding hydrogens is 366 g/mol. The van der Waals surface area contributed by atoms with Gasteiger partial charge in [-0.05, 0) is 49.3 Å². The molecule has 1 saturated carbocycles. The molecule has 0 spiro atoms. The second kappa shape index (κ2) is 7.39. The number of aryl methyl sites for hydroxylation is 1. The van der Waals surface area contributed by atoms with Gasteiger partial charge in [-0.1, -0.05) is 30.8 Å². The predicted octanol–water partition coefficient (Wildman–Crippen LogP) is 1.92. The van der Waals surface area contributed by atoms with E-state index in [2.05, 4.69) is 30.1 Å². The summed E-state index contributed by atoms with van der Waals surface area (Å²) in [6, 6.07) is 8.38. The number of nitrogens with zero attached hydrogens (tertiary/aromatic N) is 2. The summed E-state index contributed by atoms with van der Waals surface area (Å²) in [4.78, 5) is 23.7. The van der Waals surface area contributed by atoms with Crippen molar-refractivity contribution in [1.82, 2.24) is 15.1 Å². The van der Waals surface area contributed by atoms with E-state index in [9.17, 15) is 9.59 Å². The Balaban J connectivity index is 1.59. The number of nitrogens with two attached hydrogens (primary N) is 2. The number of aromatic nitrogens is 2. The average molecular weight is 393 g/mol. The molecule has 29 heavy (non-hydrogen) atoms. The Kier molecular flexibility index (Phi) is 4.90. The van der Waals surface area contributed by atoms with Crippen molar-refractivity contribution in [3.8, 4) is 0 Å². The van der Waals surface area contributed by atoms with Gasteiger partial charge in [0.05, 0.1) is 12.2 Å². The number of primary amides is 1. The molecule has 2 aromatic rings. The Bertz CT molecular complexity index is 974. The first-order chi connectivity index (χ1) is 13.9. The Morgan fingerprint density at radius 1 is 1.31 bits per heavy atom. The Morgan fingerprint density at radius 3 is 2.69 bits per heavy atom. The second-order valence-corrected chi connectivity index (χ2v) is 8.30. The summed E-state index contributed by atoms with van der Waals surface area (Å²) in [5.74, 6) is -0.282. The number of benzene rings is 1. The van der Waals surface area contributed by atoms with Gasteiger partial charge in [0.15, 0.2) is 0 Å². The van der Waals surface area contributed by atoms with Gasteiger partial charge in [0.1, 0.15) is 11.4 Å². The van der Waals surface area contributed by atoms with Crippen molar-refractivity contribution in [2.75, 3.05) is 12.3 Å². The molecule has 7 heteroatoms. The third-order valence-electron chi connectivity index (χ3n) is 6.26. The fourth-order valence-electron chi connectivity index (χ4n) is 4.32. The van der Waals surface area contributed by atoms with Crippen LogP contribution in [0.4, 0.5) is 5.82 Å². The molecular formula is C22H27N5O2. The minimum Gasteiger partial charge on any atom is -0.383 e. The maximum Gasteiger partial charge on any atom is 0.254 e. The zero-order valence-corrected chi connectivity index (χ0v) is 16.5. The summed E-state index contributed by atoms with van der Waals surface area (Å²) < 4.78 is 1.71. The van der Waals surface area contributed by atoms with Crippen LogP contribution in [0.2, 0.25) is 0 Å². The van der Waals surface area contributed by atoms with Gasteiger partial charge in [-0.3, -0.25) is 9.59 Å². The predicted molar refractivity (Wildman–Crippen MR) is 111 cm³/mol. The van der Waals surface area contributed by atoms with Gasteiger partial charge in [-0.15, -0.1) is 0 Å². The lowest BCUT2D eigenvalue weighted by Gasteiger charge is -2.23. The molecule has 1 aromatic heterocycles. The number of nitrogen functional groups attached to an aromatic ring is 1. The Morgan fingerprint density at radius 2 is 2.03 bits per heavy atom. The maximum atomic E-state index is 12.2.